The first-order valence-electron chi connectivity index (χ1n) is 8.43. The topological polar surface area (TPSA) is 98.3 Å². The van der Waals surface area contributed by atoms with Gasteiger partial charge in [0.05, 0.1) is 10.9 Å². The molecule has 1 aromatic carbocycles. The predicted molar refractivity (Wildman–Crippen MR) is 102 cm³/mol. The molecule has 142 valence electrons. The summed E-state index contributed by atoms with van der Waals surface area (Å²) in [6.07, 6.45) is 0.582. The number of benzene rings is 1. The third kappa shape index (κ3) is 3.84. The summed E-state index contributed by atoms with van der Waals surface area (Å²) in [5.41, 5.74) is 6.61. The van der Waals surface area contributed by atoms with Crippen molar-refractivity contribution < 1.29 is 19.5 Å². The molecule has 6 nitrogen and oxygen atoms in total. The van der Waals surface area contributed by atoms with Gasteiger partial charge in [0.2, 0.25) is 5.91 Å². The molecule has 0 aliphatic heterocycles. The molecule has 0 unspecified atom stereocenters. The second kappa shape index (κ2) is 7.70. The maximum absolute atomic E-state index is 12.5. The molecule has 2 atom stereocenters. The number of fused-ring (bicyclic) bond motifs is 1. The highest BCUT2D eigenvalue weighted by molar-refractivity contribution is 7.21. The molecule has 0 fully saturated rings. The van der Waals surface area contributed by atoms with Gasteiger partial charge in [-0.1, -0.05) is 40.9 Å². The van der Waals surface area contributed by atoms with E-state index in [1.807, 2.05) is 38.1 Å². The molecule has 0 radical (unpaired) electrons. The maximum Gasteiger partial charge on any atom is 0.281 e. The van der Waals surface area contributed by atoms with Crippen LogP contribution in [0.3, 0.4) is 0 Å². The summed E-state index contributed by atoms with van der Waals surface area (Å²) in [6.45, 7) is 3.72. The summed E-state index contributed by atoms with van der Waals surface area (Å²) in [7, 11) is 0. The van der Waals surface area contributed by atoms with Crippen LogP contribution in [-0.4, -0.2) is 17.8 Å². The molecule has 8 heteroatoms. The van der Waals surface area contributed by atoms with Gasteiger partial charge in [0.15, 0.2) is 0 Å². The minimum Gasteiger partial charge on any atom is -0.550 e. The summed E-state index contributed by atoms with van der Waals surface area (Å²) in [5.74, 6) is -4.07. The van der Waals surface area contributed by atoms with Crippen molar-refractivity contribution in [1.29, 1.82) is 0 Å². The summed E-state index contributed by atoms with van der Waals surface area (Å²) in [4.78, 5) is 36.6. The van der Waals surface area contributed by atoms with Gasteiger partial charge in [0.1, 0.15) is 4.88 Å². The number of hydrogen-bond acceptors (Lipinski definition) is 5. The number of carbonyl (C=O) groups is 3. The van der Waals surface area contributed by atoms with Crippen LogP contribution < -0.4 is 16.0 Å². The molecule has 1 heterocycles. The van der Waals surface area contributed by atoms with Crippen molar-refractivity contribution in [3.8, 4) is 0 Å². The Hall–Kier alpha value is -2.38. The normalized spacial score (nSPS) is 19.8. The van der Waals surface area contributed by atoms with Crippen LogP contribution in [0.5, 0.6) is 0 Å². The van der Waals surface area contributed by atoms with Crippen LogP contribution in [0.15, 0.2) is 35.4 Å². The fourth-order valence-electron chi connectivity index (χ4n) is 3.24. The zero-order valence-corrected chi connectivity index (χ0v) is 16.4. The van der Waals surface area contributed by atoms with Crippen LogP contribution in [-0.2, 0) is 9.59 Å². The fraction of sp³-hybridized carbons (Fsp3) is 0.316. The number of hydrazine groups is 1. The number of allylic oxidation sites excluding steroid dienone is 2. The quantitative estimate of drug-likeness (QED) is 0.605. The number of carbonyl (C=O) groups excluding carboxylic acids is 3. The van der Waals surface area contributed by atoms with Crippen molar-refractivity contribution in [3.05, 3.63) is 45.3 Å². The summed E-state index contributed by atoms with van der Waals surface area (Å²) >= 11 is 7.48. The molecule has 1 aliphatic rings. The van der Waals surface area contributed by atoms with E-state index in [2.05, 4.69) is 10.9 Å². The highest BCUT2D eigenvalue weighted by atomic mass is 35.5. The Labute approximate surface area is 165 Å². The molecule has 27 heavy (non-hydrogen) atoms. The van der Waals surface area contributed by atoms with Crippen molar-refractivity contribution in [2.75, 3.05) is 0 Å². The molecule has 0 saturated carbocycles. The summed E-state index contributed by atoms with van der Waals surface area (Å²) in [5, 5.41) is 12.5. The van der Waals surface area contributed by atoms with Gasteiger partial charge in [-0.05, 0) is 32.8 Å². The lowest BCUT2D eigenvalue weighted by atomic mass is 9.76. The van der Waals surface area contributed by atoms with Gasteiger partial charge < -0.3 is 9.90 Å². The number of hydrogen-bond donors (Lipinski definition) is 2. The van der Waals surface area contributed by atoms with Crippen molar-refractivity contribution in [2.24, 2.45) is 11.8 Å². The van der Waals surface area contributed by atoms with Crippen LogP contribution in [0.4, 0.5) is 0 Å². The Morgan fingerprint density at radius 1 is 1.07 bits per heavy atom. The van der Waals surface area contributed by atoms with Gasteiger partial charge in [0, 0.05) is 22.0 Å². The van der Waals surface area contributed by atoms with E-state index in [0.29, 0.717) is 11.4 Å². The van der Waals surface area contributed by atoms with Crippen LogP contribution in [0.2, 0.25) is 5.02 Å². The molecule has 2 aromatic rings. The van der Waals surface area contributed by atoms with E-state index >= 15 is 0 Å². The third-order valence-electron chi connectivity index (χ3n) is 4.95. The second-order valence-electron chi connectivity index (χ2n) is 6.69. The Morgan fingerprint density at radius 3 is 2.33 bits per heavy atom. The number of thiophene rings is 1. The largest absolute Gasteiger partial charge is 0.550 e. The van der Waals surface area contributed by atoms with Gasteiger partial charge in [0.25, 0.3) is 5.91 Å². The Morgan fingerprint density at radius 2 is 1.70 bits per heavy atom. The number of carboxylic acids is 1. The predicted octanol–water partition coefficient (Wildman–Crippen LogP) is 2.43. The van der Waals surface area contributed by atoms with E-state index in [9.17, 15) is 19.5 Å². The maximum atomic E-state index is 12.5. The van der Waals surface area contributed by atoms with Gasteiger partial charge in [-0.3, -0.25) is 20.4 Å². The molecular formula is C19H18ClN2O4S-. The molecule has 3 rings (SSSR count). The first-order valence-corrected chi connectivity index (χ1v) is 9.62. The molecule has 2 N–H and O–H groups in total. The van der Waals surface area contributed by atoms with Crippen molar-refractivity contribution >= 4 is 50.8 Å². The zero-order valence-electron chi connectivity index (χ0n) is 14.8. The van der Waals surface area contributed by atoms with Gasteiger partial charge >= 0.3 is 0 Å². The highest BCUT2D eigenvalue weighted by Gasteiger charge is 2.33. The van der Waals surface area contributed by atoms with Gasteiger partial charge in [-0.15, -0.1) is 11.3 Å². The third-order valence-corrected chi connectivity index (χ3v) is 6.62. The first-order chi connectivity index (χ1) is 12.8. The van der Waals surface area contributed by atoms with Crippen LogP contribution in [0, 0.1) is 11.8 Å². The first kappa shape index (κ1) is 19.4. The Balaban J connectivity index is 1.71. The van der Waals surface area contributed by atoms with Crippen molar-refractivity contribution in [2.45, 2.75) is 26.7 Å². The monoisotopic (exact) mass is 405 g/mol. The zero-order chi connectivity index (χ0) is 19.7. The van der Waals surface area contributed by atoms with Crippen LogP contribution in [0.25, 0.3) is 10.1 Å². The minimum absolute atomic E-state index is 0.266. The van der Waals surface area contributed by atoms with Gasteiger partial charge in [-0.25, -0.2) is 0 Å². The van der Waals surface area contributed by atoms with Crippen LogP contribution >= 0.6 is 22.9 Å². The summed E-state index contributed by atoms with van der Waals surface area (Å²) in [6, 6.07) is 7.34. The molecule has 0 bridgehead atoms. The van der Waals surface area contributed by atoms with E-state index in [0.717, 1.165) is 21.2 Å². The molecule has 1 aromatic heterocycles. The number of aliphatic carboxylic acids is 1. The fourth-order valence-corrected chi connectivity index (χ4v) is 4.66. The molecular weight excluding hydrogens is 388 g/mol. The molecule has 0 saturated heterocycles. The van der Waals surface area contributed by atoms with Crippen molar-refractivity contribution in [3.63, 3.8) is 0 Å². The Bertz CT molecular complexity index is 966. The molecule has 0 spiro atoms. The van der Waals surface area contributed by atoms with Crippen molar-refractivity contribution in [1.82, 2.24) is 10.9 Å². The van der Waals surface area contributed by atoms with E-state index in [4.69, 9.17) is 11.6 Å². The molecule has 1 aliphatic carbocycles. The number of halogens is 1. The minimum atomic E-state index is -1.26. The van der Waals surface area contributed by atoms with E-state index < -0.39 is 29.6 Å². The average molecular weight is 406 g/mol. The van der Waals surface area contributed by atoms with E-state index in [1.54, 1.807) is 0 Å². The number of amides is 2. The number of carboxylic acid groups (broad SMARTS) is 1. The number of nitrogens with one attached hydrogen (secondary N) is 2. The molecule has 2 amide bonds. The van der Waals surface area contributed by atoms with Crippen LogP contribution in [0.1, 0.15) is 36.4 Å². The standard InChI is InChI=1S/C19H19ClN2O4S/c1-9-7-12(13(19(25)26)8-10(9)2)17(23)21-22-18(24)16-15(20)11-5-3-4-6-14(11)27-16/h3-6,12-13H,7-8H2,1-2H3,(H,21,23)(H,22,24)(H,25,26)/p-1/t12-,13+/m1/s1. The summed E-state index contributed by atoms with van der Waals surface area (Å²) < 4.78 is 0.861. The van der Waals surface area contributed by atoms with E-state index in [1.165, 1.54) is 11.3 Å². The number of rotatable bonds is 3. The second-order valence-corrected chi connectivity index (χ2v) is 8.12. The lowest BCUT2D eigenvalue weighted by Crippen LogP contribution is -2.49. The highest BCUT2D eigenvalue weighted by Crippen LogP contribution is 2.35. The smallest absolute Gasteiger partial charge is 0.281 e. The lowest BCUT2D eigenvalue weighted by molar-refractivity contribution is -0.313. The average Bonchev–Trinajstić information content (AvgIpc) is 2.98. The Kier molecular flexibility index (Phi) is 5.53. The lowest BCUT2D eigenvalue weighted by Gasteiger charge is -2.32. The SMILES string of the molecule is CC1=C(C)C[C@@H](C(=O)NNC(=O)c2sc3ccccc3c2Cl)[C@@H](C(=O)[O-])C1. The van der Waals surface area contributed by atoms with E-state index in [-0.39, 0.29) is 11.3 Å². The van der Waals surface area contributed by atoms with Gasteiger partial charge in [-0.2, -0.15) is 0 Å².